The van der Waals surface area contributed by atoms with Crippen LogP contribution >= 0.6 is 11.6 Å². The van der Waals surface area contributed by atoms with E-state index < -0.39 is 12.0 Å². The lowest BCUT2D eigenvalue weighted by atomic mass is 9.88. The Bertz CT molecular complexity index is 516. The molecule has 1 aliphatic heterocycles. The van der Waals surface area contributed by atoms with E-state index in [1.54, 1.807) is 24.3 Å². The molecule has 1 heterocycles. The second-order valence-electron chi connectivity index (χ2n) is 5.87. The molecule has 1 fully saturated rings. The molecule has 0 bridgehead atoms. The molecule has 22 heavy (non-hydrogen) atoms. The average Bonchev–Trinajstić information content (AvgIpc) is 2.53. The molecule has 2 rings (SSSR count). The smallest absolute Gasteiger partial charge is 0.253 e. The van der Waals surface area contributed by atoms with Crippen LogP contribution in [-0.2, 0) is 9.53 Å². The Morgan fingerprint density at radius 2 is 2.05 bits per heavy atom. The monoisotopic (exact) mass is 326 g/mol. The standard InChI is InChI=1S/C16H23ClN2O3/c1-19(2)16(7-9-22-10-8-16)11-18-15(21)14(20)12-5-3-4-6-13(12)17/h3-6,14,20H,7-11H2,1-2H3,(H,18,21)/t14-/m0/s1. The third-order valence-corrected chi connectivity index (χ3v) is 4.76. The summed E-state index contributed by atoms with van der Waals surface area (Å²) in [6.45, 7) is 1.84. The third-order valence-electron chi connectivity index (χ3n) is 4.41. The maximum absolute atomic E-state index is 12.2. The van der Waals surface area contributed by atoms with Crippen LogP contribution in [0, 0.1) is 0 Å². The number of hydrogen-bond acceptors (Lipinski definition) is 4. The number of aliphatic hydroxyl groups is 1. The molecule has 1 aliphatic rings. The molecule has 5 nitrogen and oxygen atoms in total. The van der Waals surface area contributed by atoms with Gasteiger partial charge < -0.3 is 20.1 Å². The second-order valence-corrected chi connectivity index (χ2v) is 6.28. The lowest BCUT2D eigenvalue weighted by molar-refractivity contribution is -0.130. The number of carbonyl (C=O) groups excluding carboxylic acids is 1. The fraction of sp³-hybridized carbons (Fsp3) is 0.562. The molecule has 0 spiro atoms. The number of amides is 1. The zero-order valence-electron chi connectivity index (χ0n) is 13.0. The van der Waals surface area contributed by atoms with Crippen molar-refractivity contribution in [2.45, 2.75) is 24.5 Å². The van der Waals surface area contributed by atoms with Gasteiger partial charge in [-0.2, -0.15) is 0 Å². The van der Waals surface area contributed by atoms with Gasteiger partial charge in [0.25, 0.3) is 5.91 Å². The van der Waals surface area contributed by atoms with Crippen molar-refractivity contribution >= 4 is 17.5 Å². The summed E-state index contributed by atoms with van der Waals surface area (Å²) in [5, 5.41) is 13.4. The van der Waals surface area contributed by atoms with Gasteiger partial charge in [-0.05, 0) is 33.0 Å². The number of likely N-dealkylation sites (N-methyl/N-ethyl adjacent to an activating group) is 1. The lowest BCUT2D eigenvalue weighted by Crippen LogP contribution is -2.56. The van der Waals surface area contributed by atoms with Crippen molar-refractivity contribution < 1.29 is 14.6 Å². The van der Waals surface area contributed by atoms with Gasteiger partial charge in [0, 0.05) is 35.9 Å². The van der Waals surface area contributed by atoms with E-state index in [2.05, 4.69) is 10.2 Å². The highest BCUT2D eigenvalue weighted by Crippen LogP contribution is 2.26. The summed E-state index contributed by atoms with van der Waals surface area (Å²) in [6, 6.07) is 6.83. The number of nitrogens with zero attached hydrogens (tertiary/aromatic N) is 1. The van der Waals surface area contributed by atoms with Crippen molar-refractivity contribution in [3.05, 3.63) is 34.9 Å². The molecule has 2 N–H and O–H groups in total. The van der Waals surface area contributed by atoms with E-state index >= 15 is 0 Å². The predicted octanol–water partition coefficient (Wildman–Crippen LogP) is 1.60. The largest absolute Gasteiger partial charge is 0.381 e. The number of ether oxygens (including phenoxy) is 1. The minimum atomic E-state index is -1.26. The Hall–Kier alpha value is -1.14. The van der Waals surface area contributed by atoms with Crippen LogP contribution in [-0.4, -0.2) is 55.3 Å². The number of benzene rings is 1. The maximum Gasteiger partial charge on any atom is 0.253 e. The SMILES string of the molecule is CN(C)C1(CNC(=O)[C@@H](O)c2ccccc2Cl)CCOCC1. The first kappa shape index (κ1) is 17.2. The molecule has 0 aliphatic carbocycles. The number of nitrogens with one attached hydrogen (secondary N) is 1. The fourth-order valence-electron chi connectivity index (χ4n) is 2.72. The summed E-state index contributed by atoms with van der Waals surface area (Å²) in [7, 11) is 4.00. The quantitative estimate of drug-likeness (QED) is 0.863. The van der Waals surface area contributed by atoms with Crippen LogP contribution in [0.3, 0.4) is 0 Å². The Morgan fingerprint density at radius 1 is 1.41 bits per heavy atom. The van der Waals surface area contributed by atoms with Crippen LogP contribution in [0.4, 0.5) is 0 Å². The number of rotatable bonds is 5. The van der Waals surface area contributed by atoms with Gasteiger partial charge in [0.1, 0.15) is 0 Å². The van der Waals surface area contributed by atoms with Crippen LogP contribution in [0.1, 0.15) is 24.5 Å². The maximum atomic E-state index is 12.2. The summed E-state index contributed by atoms with van der Waals surface area (Å²) >= 11 is 6.03. The zero-order valence-corrected chi connectivity index (χ0v) is 13.8. The summed E-state index contributed by atoms with van der Waals surface area (Å²) in [5.41, 5.74) is 0.293. The van der Waals surface area contributed by atoms with Crippen molar-refractivity contribution in [3.63, 3.8) is 0 Å². The van der Waals surface area contributed by atoms with Crippen LogP contribution in [0.5, 0.6) is 0 Å². The van der Waals surface area contributed by atoms with Gasteiger partial charge in [0.05, 0.1) is 0 Å². The van der Waals surface area contributed by atoms with Crippen molar-refractivity contribution in [1.82, 2.24) is 10.2 Å². The first-order chi connectivity index (χ1) is 10.5. The molecule has 1 aromatic carbocycles. The van der Waals surface area contributed by atoms with Gasteiger partial charge >= 0.3 is 0 Å². The normalized spacial score (nSPS) is 19.0. The number of aliphatic hydroxyl groups excluding tert-OH is 1. The highest BCUT2D eigenvalue weighted by atomic mass is 35.5. The highest BCUT2D eigenvalue weighted by Gasteiger charge is 2.35. The topological polar surface area (TPSA) is 61.8 Å². The molecule has 6 heteroatoms. The molecule has 1 atom stereocenters. The molecule has 122 valence electrons. The minimum absolute atomic E-state index is 0.131. The molecule has 1 saturated heterocycles. The summed E-state index contributed by atoms with van der Waals surface area (Å²) < 4.78 is 5.41. The Morgan fingerprint density at radius 3 is 2.64 bits per heavy atom. The van der Waals surface area contributed by atoms with Crippen molar-refractivity contribution in [2.24, 2.45) is 0 Å². The minimum Gasteiger partial charge on any atom is -0.381 e. The summed E-state index contributed by atoms with van der Waals surface area (Å²) in [4.78, 5) is 14.4. The first-order valence-electron chi connectivity index (χ1n) is 7.42. The van der Waals surface area contributed by atoms with Gasteiger partial charge in [-0.25, -0.2) is 0 Å². The summed E-state index contributed by atoms with van der Waals surface area (Å²) in [6.07, 6.45) is 0.443. The van der Waals surface area contributed by atoms with E-state index in [-0.39, 0.29) is 5.54 Å². The number of halogens is 1. The third kappa shape index (κ3) is 3.79. The van der Waals surface area contributed by atoms with Gasteiger partial charge in [-0.3, -0.25) is 4.79 Å². The van der Waals surface area contributed by atoms with Crippen LogP contribution in [0.15, 0.2) is 24.3 Å². The van der Waals surface area contributed by atoms with Gasteiger partial charge in [0.15, 0.2) is 6.10 Å². The summed E-state index contributed by atoms with van der Waals surface area (Å²) in [5.74, 6) is -0.430. The molecule has 0 aromatic heterocycles. The second kappa shape index (κ2) is 7.42. The molecule has 1 amide bonds. The number of carbonyl (C=O) groups is 1. The van der Waals surface area contributed by atoms with E-state index in [0.29, 0.717) is 30.3 Å². The van der Waals surface area contributed by atoms with Crippen LogP contribution in [0.2, 0.25) is 5.02 Å². The van der Waals surface area contributed by atoms with E-state index in [1.165, 1.54) is 0 Å². The number of hydrogen-bond donors (Lipinski definition) is 2. The molecule has 0 unspecified atom stereocenters. The predicted molar refractivity (Wildman–Crippen MR) is 85.9 cm³/mol. The Kier molecular flexibility index (Phi) is 5.81. The molecular weight excluding hydrogens is 304 g/mol. The Labute approximate surface area is 136 Å². The van der Waals surface area contributed by atoms with E-state index in [0.717, 1.165) is 12.8 Å². The van der Waals surface area contributed by atoms with Gasteiger partial charge in [0.2, 0.25) is 0 Å². The average molecular weight is 327 g/mol. The van der Waals surface area contributed by atoms with Crippen molar-refractivity contribution in [2.75, 3.05) is 33.9 Å². The van der Waals surface area contributed by atoms with Crippen LogP contribution < -0.4 is 5.32 Å². The lowest BCUT2D eigenvalue weighted by Gasteiger charge is -2.43. The van der Waals surface area contributed by atoms with Crippen LogP contribution in [0.25, 0.3) is 0 Å². The molecular formula is C16H23ClN2O3. The van der Waals surface area contributed by atoms with E-state index in [4.69, 9.17) is 16.3 Å². The first-order valence-corrected chi connectivity index (χ1v) is 7.79. The zero-order chi connectivity index (χ0) is 16.2. The van der Waals surface area contributed by atoms with E-state index in [1.807, 2.05) is 14.1 Å². The van der Waals surface area contributed by atoms with Crippen molar-refractivity contribution in [3.8, 4) is 0 Å². The molecule has 0 saturated carbocycles. The molecule has 1 aromatic rings. The van der Waals surface area contributed by atoms with E-state index in [9.17, 15) is 9.90 Å². The highest BCUT2D eigenvalue weighted by molar-refractivity contribution is 6.31. The van der Waals surface area contributed by atoms with Gasteiger partial charge in [-0.15, -0.1) is 0 Å². The Balaban J connectivity index is 2.01. The molecule has 0 radical (unpaired) electrons. The van der Waals surface area contributed by atoms with Crippen molar-refractivity contribution in [1.29, 1.82) is 0 Å². The fourth-order valence-corrected chi connectivity index (χ4v) is 2.96. The van der Waals surface area contributed by atoms with Gasteiger partial charge in [-0.1, -0.05) is 29.8 Å².